The minimum absolute atomic E-state index is 0.147. The topological polar surface area (TPSA) is 106 Å². The van der Waals surface area contributed by atoms with Crippen molar-refractivity contribution in [3.8, 4) is 5.82 Å². The number of aromatic amines is 1. The molecule has 0 aliphatic rings. The number of carbonyl (C=O) groups is 1. The van der Waals surface area contributed by atoms with Gasteiger partial charge in [0, 0.05) is 36.4 Å². The van der Waals surface area contributed by atoms with Crippen LogP contribution in [0.3, 0.4) is 0 Å². The first kappa shape index (κ1) is 15.6. The Bertz CT molecular complexity index is 930. The van der Waals surface area contributed by atoms with E-state index in [2.05, 4.69) is 25.3 Å². The van der Waals surface area contributed by atoms with E-state index in [4.69, 9.17) is 0 Å². The fourth-order valence-electron chi connectivity index (χ4n) is 2.22. The van der Waals surface area contributed by atoms with Crippen LogP contribution >= 0.6 is 0 Å². The van der Waals surface area contributed by atoms with Gasteiger partial charge in [0.05, 0.1) is 5.69 Å². The summed E-state index contributed by atoms with van der Waals surface area (Å²) in [7, 11) is 0. The Balaban J connectivity index is 1.81. The summed E-state index contributed by atoms with van der Waals surface area (Å²) < 4.78 is 1.75. The number of hydrogen-bond donors (Lipinski definition) is 2. The van der Waals surface area contributed by atoms with Crippen molar-refractivity contribution in [2.45, 2.75) is 20.4 Å². The molecule has 8 nitrogen and oxygen atoms in total. The largest absolute Gasteiger partial charge is 0.346 e. The van der Waals surface area contributed by atoms with E-state index in [1.165, 1.54) is 0 Å². The number of amides is 1. The van der Waals surface area contributed by atoms with E-state index in [1.807, 2.05) is 6.07 Å². The molecule has 0 aromatic carbocycles. The number of carbonyl (C=O) groups excluding carboxylic acids is 1. The van der Waals surface area contributed by atoms with Crippen LogP contribution < -0.4 is 10.9 Å². The van der Waals surface area contributed by atoms with Crippen molar-refractivity contribution >= 4 is 5.91 Å². The van der Waals surface area contributed by atoms with E-state index in [-0.39, 0.29) is 12.2 Å². The fraction of sp³-hybridized carbons (Fsp3) is 0.188. The van der Waals surface area contributed by atoms with Gasteiger partial charge in [-0.15, -0.1) is 0 Å². The molecule has 122 valence electrons. The van der Waals surface area contributed by atoms with E-state index in [0.717, 1.165) is 5.56 Å². The Morgan fingerprint density at radius 1 is 1.33 bits per heavy atom. The molecule has 3 aromatic heterocycles. The van der Waals surface area contributed by atoms with Crippen molar-refractivity contribution in [1.29, 1.82) is 0 Å². The highest BCUT2D eigenvalue weighted by Gasteiger charge is 2.15. The number of hydrogen-bond acceptors (Lipinski definition) is 5. The molecule has 0 atom stereocenters. The molecule has 8 heteroatoms. The van der Waals surface area contributed by atoms with Crippen LogP contribution in [0.4, 0.5) is 0 Å². The van der Waals surface area contributed by atoms with E-state index in [1.54, 1.807) is 49.4 Å². The molecule has 3 heterocycles. The Morgan fingerprint density at radius 2 is 2.17 bits per heavy atom. The Morgan fingerprint density at radius 3 is 2.92 bits per heavy atom. The van der Waals surface area contributed by atoms with Crippen molar-refractivity contribution < 1.29 is 4.79 Å². The zero-order chi connectivity index (χ0) is 17.1. The summed E-state index contributed by atoms with van der Waals surface area (Å²) in [5.41, 5.74) is 1.40. The van der Waals surface area contributed by atoms with Gasteiger partial charge in [-0.3, -0.25) is 14.2 Å². The first-order valence-corrected chi connectivity index (χ1v) is 7.34. The number of H-pyrrole nitrogens is 1. The van der Waals surface area contributed by atoms with E-state index in [9.17, 15) is 9.59 Å². The molecule has 1 amide bonds. The molecule has 0 bridgehead atoms. The zero-order valence-electron chi connectivity index (χ0n) is 13.3. The molecule has 0 radical (unpaired) electrons. The minimum Gasteiger partial charge on any atom is -0.346 e. The van der Waals surface area contributed by atoms with Gasteiger partial charge in [0.15, 0.2) is 5.69 Å². The molecule has 0 saturated carbocycles. The van der Waals surface area contributed by atoms with Crippen LogP contribution in [0.5, 0.6) is 0 Å². The first-order valence-electron chi connectivity index (χ1n) is 7.34. The van der Waals surface area contributed by atoms with Gasteiger partial charge in [-0.1, -0.05) is 6.07 Å². The standard InChI is InChI=1S/C16H16N6O2/c1-10-11(2)21-16(24)13(20-10)15(23)19-8-12-4-3-5-18-14(12)22-7-6-17-9-22/h3-7,9H,8H2,1-2H3,(H,19,23)(H,21,24). The maximum Gasteiger partial charge on any atom is 0.279 e. The molecule has 0 aliphatic heterocycles. The van der Waals surface area contributed by atoms with Crippen LogP contribution in [0.1, 0.15) is 27.4 Å². The summed E-state index contributed by atoms with van der Waals surface area (Å²) in [5.74, 6) is 0.136. The lowest BCUT2D eigenvalue weighted by Crippen LogP contribution is -2.31. The highest BCUT2D eigenvalue weighted by atomic mass is 16.2. The predicted octanol–water partition coefficient (Wildman–Crippen LogP) is 0.897. The van der Waals surface area contributed by atoms with Crippen molar-refractivity contribution in [1.82, 2.24) is 29.8 Å². The number of rotatable bonds is 4. The van der Waals surface area contributed by atoms with Gasteiger partial charge >= 0.3 is 0 Å². The van der Waals surface area contributed by atoms with E-state index in [0.29, 0.717) is 17.2 Å². The first-order chi connectivity index (χ1) is 11.6. The van der Waals surface area contributed by atoms with Gasteiger partial charge in [-0.2, -0.15) is 0 Å². The fourth-order valence-corrected chi connectivity index (χ4v) is 2.22. The second-order valence-corrected chi connectivity index (χ2v) is 5.26. The summed E-state index contributed by atoms with van der Waals surface area (Å²) in [4.78, 5) is 39.1. The molecular weight excluding hydrogens is 308 g/mol. The molecule has 0 spiro atoms. The second kappa shape index (κ2) is 6.45. The van der Waals surface area contributed by atoms with Crippen molar-refractivity contribution in [2.75, 3.05) is 0 Å². The maximum atomic E-state index is 12.3. The van der Waals surface area contributed by atoms with Crippen molar-refractivity contribution in [3.05, 3.63) is 70.0 Å². The van der Waals surface area contributed by atoms with Gasteiger partial charge in [0.1, 0.15) is 12.1 Å². The summed E-state index contributed by atoms with van der Waals surface area (Å²) in [6.07, 6.45) is 6.71. The summed E-state index contributed by atoms with van der Waals surface area (Å²) in [5, 5.41) is 2.71. The monoisotopic (exact) mass is 324 g/mol. The number of nitrogens with zero attached hydrogens (tertiary/aromatic N) is 4. The number of nitrogens with one attached hydrogen (secondary N) is 2. The molecule has 0 aliphatic carbocycles. The SMILES string of the molecule is Cc1nc(C(=O)NCc2cccnc2-n2ccnc2)c(=O)[nH]c1C. The average molecular weight is 324 g/mol. The molecule has 24 heavy (non-hydrogen) atoms. The normalized spacial score (nSPS) is 10.6. The van der Waals surface area contributed by atoms with Crippen molar-refractivity contribution in [3.63, 3.8) is 0 Å². The third-order valence-corrected chi connectivity index (χ3v) is 3.61. The van der Waals surface area contributed by atoms with E-state index < -0.39 is 11.5 Å². The van der Waals surface area contributed by atoms with Gasteiger partial charge in [-0.05, 0) is 19.9 Å². The number of aromatic nitrogens is 5. The summed E-state index contributed by atoms with van der Waals surface area (Å²) >= 11 is 0. The smallest absolute Gasteiger partial charge is 0.279 e. The molecule has 3 rings (SSSR count). The Kier molecular flexibility index (Phi) is 4.19. The molecule has 2 N–H and O–H groups in total. The van der Waals surface area contributed by atoms with Gasteiger partial charge in [-0.25, -0.2) is 15.0 Å². The number of imidazole rings is 1. The second-order valence-electron chi connectivity index (χ2n) is 5.26. The zero-order valence-corrected chi connectivity index (χ0v) is 13.3. The predicted molar refractivity (Wildman–Crippen MR) is 86.9 cm³/mol. The van der Waals surface area contributed by atoms with Gasteiger partial charge < -0.3 is 10.3 Å². The molecule has 0 saturated heterocycles. The third-order valence-electron chi connectivity index (χ3n) is 3.61. The van der Waals surface area contributed by atoms with Crippen molar-refractivity contribution in [2.24, 2.45) is 0 Å². The average Bonchev–Trinajstić information content (AvgIpc) is 3.10. The summed E-state index contributed by atoms with van der Waals surface area (Å²) in [6, 6.07) is 3.63. The van der Waals surface area contributed by atoms with Crippen LogP contribution in [0.15, 0.2) is 41.8 Å². The molecule has 0 fully saturated rings. The van der Waals surface area contributed by atoms with Gasteiger partial charge in [0.25, 0.3) is 11.5 Å². The highest BCUT2D eigenvalue weighted by Crippen LogP contribution is 2.10. The highest BCUT2D eigenvalue weighted by molar-refractivity contribution is 5.91. The molecule has 0 unspecified atom stereocenters. The molecule has 3 aromatic rings. The van der Waals surface area contributed by atoms with Crippen LogP contribution in [0.2, 0.25) is 0 Å². The molecular formula is C16H16N6O2. The Labute approximate surface area is 137 Å². The van der Waals surface area contributed by atoms with Crippen LogP contribution in [-0.4, -0.2) is 30.4 Å². The lowest BCUT2D eigenvalue weighted by atomic mass is 10.2. The lowest BCUT2D eigenvalue weighted by Gasteiger charge is -2.10. The van der Waals surface area contributed by atoms with E-state index >= 15 is 0 Å². The van der Waals surface area contributed by atoms with Crippen LogP contribution in [0.25, 0.3) is 5.82 Å². The number of pyridine rings is 1. The third kappa shape index (κ3) is 3.07. The number of aryl methyl sites for hydroxylation is 2. The van der Waals surface area contributed by atoms with Crippen LogP contribution in [-0.2, 0) is 6.54 Å². The summed E-state index contributed by atoms with van der Waals surface area (Å²) in [6.45, 7) is 3.69. The Hall–Kier alpha value is -3.29. The van der Waals surface area contributed by atoms with Crippen LogP contribution in [0, 0.1) is 13.8 Å². The quantitative estimate of drug-likeness (QED) is 0.741. The maximum absolute atomic E-state index is 12.3. The lowest BCUT2D eigenvalue weighted by molar-refractivity contribution is 0.0944. The minimum atomic E-state index is -0.528. The van der Waals surface area contributed by atoms with Gasteiger partial charge in [0.2, 0.25) is 0 Å².